The Morgan fingerprint density at radius 2 is 2.29 bits per heavy atom. The average Bonchev–Trinajstić information content (AvgIpc) is 2.59. The molecule has 0 fully saturated rings. The largest absolute Gasteiger partial charge is 0.465 e. The van der Waals surface area contributed by atoms with Gasteiger partial charge in [-0.2, -0.15) is 0 Å². The molecular weight excluding hydrogens is 180 g/mol. The van der Waals surface area contributed by atoms with Crippen molar-refractivity contribution in [1.82, 2.24) is 10.2 Å². The fraction of sp³-hybridized carbons (Fsp3) is 0.500. The number of rotatable bonds is 3. The van der Waals surface area contributed by atoms with Gasteiger partial charge in [-0.3, -0.25) is 0 Å². The summed E-state index contributed by atoms with van der Waals surface area (Å²) < 4.78 is 5.31. The van der Waals surface area contributed by atoms with Crippen LogP contribution in [0.3, 0.4) is 0 Å². The maximum absolute atomic E-state index is 11.3. The van der Waals surface area contributed by atoms with Crippen LogP contribution in [0, 0.1) is 6.92 Å². The van der Waals surface area contributed by atoms with Gasteiger partial charge in [-0.25, -0.2) is 4.79 Å². The first-order valence-corrected chi connectivity index (χ1v) is 4.67. The zero-order valence-electron chi connectivity index (χ0n) is 8.83. The van der Waals surface area contributed by atoms with E-state index >= 15 is 0 Å². The van der Waals surface area contributed by atoms with Gasteiger partial charge in [0.2, 0.25) is 0 Å². The maximum Gasteiger partial charge on any atom is 0.317 e. The second-order valence-electron chi connectivity index (χ2n) is 3.19. The third kappa shape index (κ3) is 2.80. The number of amides is 2. The van der Waals surface area contributed by atoms with E-state index in [2.05, 4.69) is 5.32 Å². The molecule has 14 heavy (non-hydrogen) atoms. The Hall–Kier alpha value is -1.45. The van der Waals surface area contributed by atoms with E-state index in [1.807, 2.05) is 26.0 Å². The van der Waals surface area contributed by atoms with E-state index in [-0.39, 0.29) is 6.03 Å². The quantitative estimate of drug-likeness (QED) is 0.800. The first-order chi connectivity index (χ1) is 6.63. The van der Waals surface area contributed by atoms with Crippen molar-refractivity contribution in [3.05, 3.63) is 23.7 Å². The molecule has 0 aliphatic heterocycles. The first kappa shape index (κ1) is 10.6. The highest BCUT2D eigenvalue weighted by atomic mass is 16.3. The summed E-state index contributed by atoms with van der Waals surface area (Å²) in [5.74, 6) is 1.64. The Balaban J connectivity index is 2.37. The molecule has 0 aliphatic carbocycles. The number of urea groups is 1. The molecule has 0 atom stereocenters. The van der Waals surface area contributed by atoms with Crippen LogP contribution in [-0.2, 0) is 6.54 Å². The summed E-state index contributed by atoms with van der Waals surface area (Å²) in [7, 11) is 1.75. The molecule has 0 spiro atoms. The van der Waals surface area contributed by atoms with Crippen LogP contribution in [0.4, 0.5) is 4.79 Å². The number of carbonyl (C=O) groups excluding carboxylic acids is 1. The molecule has 1 heterocycles. The minimum absolute atomic E-state index is 0.0819. The van der Waals surface area contributed by atoms with Gasteiger partial charge >= 0.3 is 6.03 Å². The minimum Gasteiger partial charge on any atom is -0.465 e. The minimum atomic E-state index is -0.0819. The van der Waals surface area contributed by atoms with Gasteiger partial charge in [0, 0.05) is 13.6 Å². The van der Waals surface area contributed by atoms with E-state index in [9.17, 15) is 4.79 Å². The van der Waals surface area contributed by atoms with Gasteiger partial charge in [0.15, 0.2) is 0 Å². The number of furan rings is 1. The summed E-state index contributed by atoms with van der Waals surface area (Å²) in [4.78, 5) is 12.9. The molecule has 78 valence electrons. The van der Waals surface area contributed by atoms with Gasteiger partial charge in [-0.15, -0.1) is 0 Å². The summed E-state index contributed by atoms with van der Waals surface area (Å²) in [5, 5.41) is 2.76. The molecule has 4 heteroatoms. The molecule has 0 radical (unpaired) electrons. The normalized spacial score (nSPS) is 9.93. The topological polar surface area (TPSA) is 45.5 Å². The van der Waals surface area contributed by atoms with E-state index in [0.717, 1.165) is 11.5 Å². The van der Waals surface area contributed by atoms with Gasteiger partial charge in [0.1, 0.15) is 11.5 Å². The summed E-state index contributed by atoms with van der Waals surface area (Å²) in [5.41, 5.74) is 0. The summed E-state index contributed by atoms with van der Waals surface area (Å²) in [6, 6.07) is 3.66. The molecule has 1 N–H and O–H groups in total. The first-order valence-electron chi connectivity index (χ1n) is 4.67. The van der Waals surface area contributed by atoms with E-state index in [0.29, 0.717) is 13.1 Å². The third-order valence-corrected chi connectivity index (χ3v) is 2.03. The van der Waals surface area contributed by atoms with Crippen LogP contribution in [-0.4, -0.2) is 24.5 Å². The lowest BCUT2D eigenvalue weighted by Crippen LogP contribution is -2.36. The third-order valence-electron chi connectivity index (χ3n) is 2.03. The maximum atomic E-state index is 11.3. The van der Waals surface area contributed by atoms with E-state index < -0.39 is 0 Å². The molecular formula is C10H16N2O2. The van der Waals surface area contributed by atoms with Crippen LogP contribution >= 0.6 is 0 Å². The van der Waals surface area contributed by atoms with Gasteiger partial charge in [0.25, 0.3) is 0 Å². The van der Waals surface area contributed by atoms with Crippen LogP contribution in [0.5, 0.6) is 0 Å². The van der Waals surface area contributed by atoms with Crippen LogP contribution in [0.25, 0.3) is 0 Å². The number of hydrogen-bond donors (Lipinski definition) is 1. The van der Waals surface area contributed by atoms with E-state index in [1.165, 1.54) is 0 Å². The number of aryl methyl sites for hydroxylation is 1. The molecule has 2 amide bonds. The Kier molecular flexibility index (Phi) is 3.56. The molecule has 1 aromatic rings. The second kappa shape index (κ2) is 4.69. The molecule has 0 bridgehead atoms. The van der Waals surface area contributed by atoms with Crippen molar-refractivity contribution in [2.24, 2.45) is 0 Å². The molecule has 1 rings (SSSR count). The standard InChI is InChI=1S/C10H16N2O2/c1-4-12(3)10(13)11-7-9-6-5-8(2)14-9/h5-6H,4,7H2,1-3H3,(H,11,13). The van der Waals surface area contributed by atoms with Gasteiger partial charge in [0.05, 0.1) is 6.54 Å². The zero-order chi connectivity index (χ0) is 10.6. The molecule has 0 saturated carbocycles. The van der Waals surface area contributed by atoms with Crippen LogP contribution < -0.4 is 5.32 Å². The fourth-order valence-corrected chi connectivity index (χ4v) is 1.02. The zero-order valence-corrected chi connectivity index (χ0v) is 8.83. The number of nitrogens with zero attached hydrogens (tertiary/aromatic N) is 1. The number of hydrogen-bond acceptors (Lipinski definition) is 2. The monoisotopic (exact) mass is 196 g/mol. The van der Waals surface area contributed by atoms with Crippen molar-refractivity contribution in [2.75, 3.05) is 13.6 Å². The Bertz CT molecular complexity index is 307. The summed E-state index contributed by atoms with van der Waals surface area (Å²) in [6.45, 7) is 4.94. The van der Waals surface area contributed by atoms with Crippen molar-refractivity contribution in [1.29, 1.82) is 0 Å². The molecule has 0 saturated heterocycles. The number of nitrogens with one attached hydrogen (secondary N) is 1. The van der Waals surface area contributed by atoms with Crippen LogP contribution in [0.15, 0.2) is 16.5 Å². The lowest BCUT2D eigenvalue weighted by Gasteiger charge is -2.14. The molecule has 4 nitrogen and oxygen atoms in total. The summed E-state index contributed by atoms with van der Waals surface area (Å²) >= 11 is 0. The lowest BCUT2D eigenvalue weighted by atomic mass is 10.4. The summed E-state index contributed by atoms with van der Waals surface area (Å²) in [6.07, 6.45) is 0. The fourth-order valence-electron chi connectivity index (χ4n) is 1.02. The van der Waals surface area contributed by atoms with Gasteiger partial charge in [-0.05, 0) is 26.0 Å². The van der Waals surface area contributed by atoms with Gasteiger partial charge in [-0.1, -0.05) is 0 Å². The highest BCUT2D eigenvalue weighted by molar-refractivity contribution is 5.73. The Labute approximate surface area is 83.9 Å². The van der Waals surface area contributed by atoms with Crippen LogP contribution in [0.2, 0.25) is 0 Å². The van der Waals surface area contributed by atoms with E-state index in [1.54, 1.807) is 11.9 Å². The SMILES string of the molecule is CCN(C)C(=O)NCc1ccc(C)o1. The Morgan fingerprint density at radius 1 is 1.57 bits per heavy atom. The van der Waals surface area contributed by atoms with Gasteiger partial charge < -0.3 is 14.6 Å². The molecule has 0 aromatic carbocycles. The van der Waals surface area contributed by atoms with E-state index in [4.69, 9.17) is 4.42 Å². The second-order valence-corrected chi connectivity index (χ2v) is 3.19. The lowest BCUT2D eigenvalue weighted by molar-refractivity contribution is 0.209. The molecule has 1 aromatic heterocycles. The number of carbonyl (C=O) groups is 1. The van der Waals surface area contributed by atoms with Crippen molar-refractivity contribution in [3.63, 3.8) is 0 Å². The van der Waals surface area contributed by atoms with Crippen molar-refractivity contribution >= 4 is 6.03 Å². The average molecular weight is 196 g/mol. The van der Waals surface area contributed by atoms with Crippen molar-refractivity contribution in [2.45, 2.75) is 20.4 Å². The molecule has 0 aliphatic rings. The molecule has 0 unspecified atom stereocenters. The van der Waals surface area contributed by atoms with Crippen molar-refractivity contribution in [3.8, 4) is 0 Å². The Morgan fingerprint density at radius 3 is 2.79 bits per heavy atom. The van der Waals surface area contributed by atoms with Crippen LogP contribution in [0.1, 0.15) is 18.4 Å². The van der Waals surface area contributed by atoms with Crippen molar-refractivity contribution < 1.29 is 9.21 Å². The highest BCUT2D eigenvalue weighted by Crippen LogP contribution is 2.05. The predicted octanol–water partition coefficient (Wildman–Crippen LogP) is 1.75. The smallest absolute Gasteiger partial charge is 0.317 e. The predicted molar refractivity (Wildman–Crippen MR) is 54.0 cm³/mol. The highest BCUT2D eigenvalue weighted by Gasteiger charge is 2.06.